The fraction of sp³-hybridized carbons (Fsp3) is 0.353. The van der Waals surface area contributed by atoms with Crippen molar-refractivity contribution in [2.45, 2.75) is 33.0 Å². The summed E-state index contributed by atoms with van der Waals surface area (Å²) >= 11 is 0. The first-order valence-electron chi connectivity index (χ1n) is 8.01. The number of hydrogen-bond acceptors (Lipinski definition) is 5. The molecule has 24 heavy (non-hydrogen) atoms. The minimum atomic E-state index is -0.0114. The Kier molecular flexibility index (Phi) is 3.57. The van der Waals surface area contributed by atoms with E-state index >= 15 is 0 Å². The van der Waals surface area contributed by atoms with Crippen LogP contribution in [0.3, 0.4) is 0 Å². The molecule has 0 fully saturated rings. The summed E-state index contributed by atoms with van der Waals surface area (Å²) in [6, 6.07) is 5.90. The molecule has 0 spiro atoms. The summed E-state index contributed by atoms with van der Waals surface area (Å²) in [7, 11) is 0. The van der Waals surface area contributed by atoms with Crippen molar-refractivity contribution in [3.05, 3.63) is 36.3 Å². The molecule has 0 atom stereocenters. The molecular formula is C17H19N5O2. The van der Waals surface area contributed by atoms with Crippen LogP contribution >= 0.6 is 0 Å². The molecule has 0 bridgehead atoms. The van der Waals surface area contributed by atoms with Crippen molar-refractivity contribution in [1.82, 2.24) is 24.3 Å². The molecule has 0 saturated carbocycles. The number of imidazole rings is 1. The number of fused-ring (bicyclic) bond motifs is 3. The van der Waals surface area contributed by atoms with Crippen LogP contribution in [0.15, 0.2) is 30.7 Å². The van der Waals surface area contributed by atoms with Gasteiger partial charge >= 0.3 is 0 Å². The first-order chi connectivity index (χ1) is 11.7. The fourth-order valence-electron chi connectivity index (χ4n) is 2.95. The lowest BCUT2D eigenvalue weighted by atomic mass is 10.1. The van der Waals surface area contributed by atoms with Crippen molar-refractivity contribution >= 4 is 0 Å². The molecular weight excluding hydrogens is 306 g/mol. The lowest BCUT2D eigenvalue weighted by molar-refractivity contribution is 0.281. The zero-order valence-electron chi connectivity index (χ0n) is 13.7. The highest BCUT2D eigenvalue weighted by Gasteiger charge is 2.21. The highest BCUT2D eigenvalue weighted by molar-refractivity contribution is 5.69. The predicted octanol–water partition coefficient (Wildman–Crippen LogP) is 2.27. The maximum atomic E-state index is 9.42. The second kappa shape index (κ2) is 5.76. The first kappa shape index (κ1) is 14.9. The highest BCUT2D eigenvalue weighted by atomic mass is 16.5. The second-order valence-electron chi connectivity index (χ2n) is 6.10. The zero-order valence-corrected chi connectivity index (χ0v) is 13.7. The Morgan fingerprint density at radius 1 is 1.29 bits per heavy atom. The van der Waals surface area contributed by atoms with Gasteiger partial charge in [-0.2, -0.15) is 5.10 Å². The highest BCUT2D eigenvalue weighted by Crippen LogP contribution is 2.34. The molecule has 0 radical (unpaired) electrons. The third-order valence-corrected chi connectivity index (χ3v) is 4.13. The molecule has 0 unspecified atom stereocenters. The summed E-state index contributed by atoms with van der Waals surface area (Å²) in [6.07, 6.45) is 3.54. The summed E-state index contributed by atoms with van der Waals surface area (Å²) in [6.45, 7) is 5.40. The number of benzene rings is 1. The topological polar surface area (TPSA) is 78.0 Å². The molecule has 1 aliphatic rings. The third kappa shape index (κ3) is 2.37. The summed E-state index contributed by atoms with van der Waals surface area (Å²) in [5.74, 6) is 2.37. The van der Waals surface area contributed by atoms with Crippen LogP contribution in [-0.4, -0.2) is 36.0 Å². The lowest BCUT2D eigenvalue weighted by Gasteiger charge is -2.08. The van der Waals surface area contributed by atoms with Crippen molar-refractivity contribution in [1.29, 1.82) is 0 Å². The van der Waals surface area contributed by atoms with Crippen molar-refractivity contribution in [2.24, 2.45) is 0 Å². The van der Waals surface area contributed by atoms with Gasteiger partial charge in [-0.3, -0.25) is 0 Å². The van der Waals surface area contributed by atoms with Gasteiger partial charge in [0, 0.05) is 12.2 Å². The van der Waals surface area contributed by atoms with E-state index in [1.807, 2.05) is 29.1 Å². The number of aliphatic hydroxyl groups is 1. The smallest absolute Gasteiger partial charge is 0.178 e. The molecule has 3 aromatic rings. The molecule has 7 heteroatoms. The van der Waals surface area contributed by atoms with E-state index in [1.54, 1.807) is 6.33 Å². The first-order valence-corrected chi connectivity index (χ1v) is 8.01. The van der Waals surface area contributed by atoms with E-state index in [-0.39, 0.29) is 12.6 Å². The van der Waals surface area contributed by atoms with Gasteiger partial charge in [0.05, 0.1) is 18.7 Å². The average Bonchev–Trinajstić information content (AvgIpc) is 3.19. The molecule has 0 aliphatic carbocycles. The molecule has 1 aliphatic heterocycles. The SMILES string of the molecule is CC(C)n1ncnc1-c1cn2c(n1)-c1cc(CO)ccc1OCC2. The molecule has 4 rings (SSSR count). The number of aromatic nitrogens is 5. The minimum absolute atomic E-state index is 0.0114. The summed E-state index contributed by atoms with van der Waals surface area (Å²) in [5, 5.41) is 13.7. The third-order valence-electron chi connectivity index (χ3n) is 4.13. The number of hydrogen-bond donors (Lipinski definition) is 1. The lowest BCUT2D eigenvalue weighted by Crippen LogP contribution is -2.06. The van der Waals surface area contributed by atoms with Crippen LogP contribution in [0.25, 0.3) is 22.9 Å². The maximum absolute atomic E-state index is 9.42. The standard InChI is InChI=1S/C17H19N5O2/c1-11(2)22-17(18-10-19-22)14-8-21-5-6-24-15-4-3-12(9-23)7-13(15)16(21)20-14/h3-4,7-8,10-11,23H,5-6,9H2,1-2H3. The van der Waals surface area contributed by atoms with Crippen molar-refractivity contribution in [3.8, 4) is 28.7 Å². The zero-order chi connectivity index (χ0) is 16.7. The molecule has 0 amide bonds. The van der Waals surface area contributed by atoms with Crippen LogP contribution in [0, 0.1) is 0 Å². The largest absolute Gasteiger partial charge is 0.491 e. The van der Waals surface area contributed by atoms with Gasteiger partial charge in [-0.15, -0.1) is 0 Å². The Bertz CT molecular complexity index is 881. The summed E-state index contributed by atoms with van der Waals surface area (Å²) < 4.78 is 9.74. The number of nitrogens with zero attached hydrogens (tertiary/aromatic N) is 5. The molecule has 3 heterocycles. The Hall–Kier alpha value is -2.67. The van der Waals surface area contributed by atoms with Gasteiger partial charge in [0.15, 0.2) is 5.82 Å². The van der Waals surface area contributed by atoms with Crippen LogP contribution in [-0.2, 0) is 13.2 Å². The molecule has 2 aromatic heterocycles. The van der Waals surface area contributed by atoms with E-state index in [0.717, 1.165) is 34.2 Å². The van der Waals surface area contributed by atoms with Crippen LogP contribution in [0.4, 0.5) is 0 Å². The quantitative estimate of drug-likeness (QED) is 0.799. The molecule has 7 nitrogen and oxygen atoms in total. The number of ether oxygens (including phenoxy) is 1. The van der Waals surface area contributed by atoms with Crippen LogP contribution in [0.2, 0.25) is 0 Å². The second-order valence-corrected chi connectivity index (χ2v) is 6.10. The van der Waals surface area contributed by atoms with Crippen molar-refractivity contribution in [3.63, 3.8) is 0 Å². The number of aliphatic hydroxyl groups excluding tert-OH is 1. The van der Waals surface area contributed by atoms with Crippen LogP contribution in [0.1, 0.15) is 25.5 Å². The Morgan fingerprint density at radius 2 is 2.17 bits per heavy atom. The molecule has 0 saturated heterocycles. The van der Waals surface area contributed by atoms with Gasteiger partial charge < -0.3 is 14.4 Å². The average molecular weight is 325 g/mol. The van der Waals surface area contributed by atoms with Gasteiger partial charge in [-0.25, -0.2) is 14.6 Å². The van der Waals surface area contributed by atoms with E-state index in [2.05, 4.69) is 28.5 Å². The van der Waals surface area contributed by atoms with E-state index < -0.39 is 0 Å². The van der Waals surface area contributed by atoms with Gasteiger partial charge in [-0.1, -0.05) is 6.07 Å². The van der Waals surface area contributed by atoms with E-state index in [0.29, 0.717) is 13.2 Å². The maximum Gasteiger partial charge on any atom is 0.178 e. The normalized spacial score (nSPS) is 13.3. The van der Waals surface area contributed by atoms with E-state index in [4.69, 9.17) is 9.72 Å². The number of rotatable bonds is 3. The van der Waals surface area contributed by atoms with Crippen LogP contribution < -0.4 is 4.74 Å². The van der Waals surface area contributed by atoms with Gasteiger partial charge in [-0.05, 0) is 31.5 Å². The summed E-state index contributed by atoms with van der Waals surface area (Å²) in [4.78, 5) is 9.16. The Morgan fingerprint density at radius 3 is 2.96 bits per heavy atom. The molecule has 124 valence electrons. The predicted molar refractivity (Wildman–Crippen MR) is 88.5 cm³/mol. The van der Waals surface area contributed by atoms with Gasteiger partial charge in [0.25, 0.3) is 0 Å². The van der Waals surface area contributed by atoms with E-state index in [1.165, 1.54) is 0 Å². The van der Waals surface area contributed by atoms with E-state index in [9.17, 15) is 5.11 Å². The van der Waals surface area contributed by atoms with Crippen molar-refractivity contribution < 1.29 is 9.84 Å². The Balaban J connectivity index is 1.86. The molecule has 1 aromatic carbocycles. The summed E-state index contributed by atoms with van der Waals surface area (Å²) in [5.41, 5.74) is 2.51. The van der Waals surface area contributed by atoms with Gasteiger partial charge in [0.1, 0.15) is 30.2 Å². The Labute approximate surface area is 139 Å². The molecule has 1 N–H and O–H groups in total. The van der Waals surface area contributed by atoms with Crippen LogP contribution in [0.5, 0.6) is 5.75 Å². The monoisotopic (exact) mass is 325 g/mol. The van der Waals surface area contributed by atoms with Crippen molar-refractivity contribution in [2.75, 3.05) is 6.61 Å². The van der Waals surface area contributed by atoms with Gasteiger partial charge in [0.2, 0.25) is 0 Å². The minimum Gasteiger partial charge on any atom is -0.491 e. The fourth-order valence-corrected chi connectivity index (χ4v) is 2.95.